The summed E-state index contributed by atoms with van der Waals surface area (Å²) in [4.78, 5) is 16.9. The molecule has 1 aromatic carbocycles. The maximum absolute atomic E-state index is 5.96. The van der Waals surface area contributed by atoms with Gasteiger partial charge in [0, 0.05) is 24.2 Å². The molecule has 0 saturated heterocycles. The predicted octanol–water partition coefficient (Wildman–Crippen LogP) is 3.50. The zero-order valence-corrected chi connectivity index (χ0v) is 11.4. The SMILES string of the molecule is Clc1nc(-c2ccc3nccnc3c2)ncc1Br. The van der Waals surface area contributed by atoms with Crippen LogP contribution >= 0.6 is 27.5 Å². The number of aromatic nitrogens is 4. The molecular formula is C12H6BrClN4. The number of benzene rings is 1. The van der Waals surface area contributed by atoms with Gasteiger partial charge in [-0.25, -0.2) is 9.97 Å². The van der Waals surface area contributed by atoms with Crippen LogP contribution in [-0.2, 0) is 0 Å². The number of rotatable bonds is 1. The molecule has 0 N–H and O–H groups in total. The summed E-state index contributed by atoms with van der Waals surface area (Å²) in [5.74, 6) is 0.566. The summed E-state index contributed by atoms with van der Waals surface area (Å²) in [5.41, 5.74) is 2.50. The van der Waals surface area contributed by atoms with Crippen LogP contribution in [0.15, 0.2) is 41.3 Å². The van der Waals surface area contributed by atoms with E-state index in [4.69, 9.17) is 11.6 Å². The Morgan fingerprint density at radius 2 is 1.78 bits per heavy atom. The van der Waals surface area contributed by atoms with E-state index in [1.165, 1.54) is 0 Å². The molecule has 0 aliphatic rings. The van der Waals surface area contributed by atoms with Gasteiger partial charge in [0.15, 0.2) is 5.82 Å². The van der Waals surface area contributed by atoms with Gasteiger partial charge in [0.25, 0.3) is 0 Å². The second-order valence-electron chi connectivity index (χ2n) is 3.59. The van der Waals surface area contributed by atoms with Crippen LogP contribution in [0.5, 0.6) is 0 Å². The number of fused-ring (bicyclic) bond motifs is 1. The first-order valence-corrected chi connectivity index (χ1v) is 6.30. The molecule has 0 aliphatic heterocycles. The van der Waals surface area contributed by atoms with Crippen LogP contribution in [0.1, 0.15) is 0 Å². The maximum atomic E-state index is 5.96. The second-order valence-corrected chi connectivity index (χ2v) is 4.80. The highest BCUT2D eigenvalue weighted by Crippen LogP contribution is 2.24. The fourth-order valence-electron chi connectivity index (χ4n) is 1.59. The van der Waals surface area contributed by atoms with E-state index in [0.717, 1.165) is 16.6 Å². The van der Waals surface area contributed by atoms with Crippen LogP contribution in [0.25, 0.3) is 22.4 Å². The van der Waals surface area contributed by atoms with Crippen molar-refractivity contribution in [2.24, 2.45) is 0 Å². The average Bonchev–Trinajstić information content (AvgIpc) is 2.41. The second kappa shape index (κ2) is 4.59. The van der Waals surface area contributed by atoms with Crippen molar-refractivity contribution >= 4 is 38.6 Å². The van der Waals surface area contributed by atoms with Crippen molar-refractivity contribution in [3.8, 4) is 11.4 Å². The number of nitrogens with zero attached hydrogens (tertiary/aromatic N) is 4. The molecule has 0 atom stereocenters. The van der Waals surface area contributed by atoms with E-state index in [1.807, 2.05) is 18.2 Å². The van der Waals surface area contributed by atoms with Crippen molar-refractivity contribution in [2.45, 2.75) is 0 Å². The van der Waals surface area contributed by atoms with Crippen LogP contribution in [0.2, 0.25) is 5.15 Å². The standard InChI is InChI=1S/C12H6BrClN4/c13-8-6-17-12(18-11(8)14)7-1-2-9-10(5-7)16-4-3-15-9/h1-6H. The van der Waals surface area contributed by atoms with Crippen LogP contribution in [-0.4, -0.2) is 19.9 Å². The summed E-state index contributed by atoms with van der Waals surface area (Å²) in [6.07, 6.45) is 4.95. The quantitative estimate of drug-likeness (QED) is 0.644. The number of hydrogen-bond donors (Lipinski definition) is 0. The van der Waals surface area contributed by atoms with Crippen LogP contribution < -0.4 is 0 Å². The van der Waals surface area contributed by atoms with Crippen molar-refractivity contribution in [2.75, 3.05) is 0 Å². The Balaban J connectivity index is 2.16. The first-order valence-electron chi connectivity index (χ1n) is 5.13. The Bertz CT molecular complexity index is 732. The van der Waals surface area contributed by atoms with Gasteiger partial charge < -0.3 is 0 Å². The number of hydrogen-bond acceptors (Lipinski definition) is 4. The minimum atomic E-state index is 0.388. The van der Waals surface area contributed by atoms with Crippen molar-refractivity contribution in [1.29, 1.82) is 0 Å². The molecule has 3 rings (SSSR count). The van der Waals surface area contributed by atoms with Gasteiger partial charge in [-0.1, -0.05) is 11.6 Å². The molecule has 0 saturated carbocycles. The lowest BCUT2D eigenvalue weighted by Gasteiger charge is -2.02. The lowest BCUT2D eigenvalue weighted by molar-refractivity contribution is 1.16. The molecular weight excluding hydrogens is 316 g/mol. The molecule has 0 bridgehead atoms. The monoisotopic (exact) mass is 320 g/mol. The Labute approximate surface area is 116 Å². The van der Waals surface area contributed by atoms with E-state index in [1.54, 1.807) is 18.6 Å². The van der Waals surface area contributed by atoms with E-state index in [0.29, 0.717) is 15.5 Å². The van der Waals surface area contributed by atoms with Crippen LogP contribution in [0, 0.1) is 0 Å². The molecule has 2 aromatic heterocycles. The van der Waals surface area contributed by atoms with E-state index in [9.17, 15) is 0 Å². The molecule has 0 unspecified atom stereocenters. The lowest BCUT2D eigenvalue weighted by atomic mass is 10.2. The molecule has 6 heteroatoms. The van der Waals surface area contributed by atoms with E-state index in [-0.39, 0.29) is 0 Å². The highest BCUT2D eigenvalue weighted by Gasteiger charge is 2.06. The molecule has 18 heavy (non-hydrogen) atoms. The third-order valence-electron chi connectivity index (χ3n) is 2.43. The average molecular weight is 322 g/mol. The van der Waals surface area contributed by atoms with Gasteiger partial charge >= 0.3 is 0 Å². The van der Waals surface area contributed by atoms with Crippen molar-refractivity contribution in [1.82, 2.24) is 19.9 Å². The fraction of sp³-hybridized carbons (Fsp3) is 0. The van der Waals surface area contributed by atoms with E-state index in [2.05, 4.69) is 35.9 Å². The first kappa shape index (κ1) is 11.5. The zero-order chi connectivity index (χ0) is 12.5. The van der Waals surface area contributed by atoms with Gasteiger partial charge in [-0.05, 0) is 34.1 Å². The molecule has 0 aliphatic carbocycles. The van der Waals surface area contributed by atoms with E-state index >= 15 is 0 Å². The van der Waals surface area contributed by atoms with Crippen molar-refractivity contribution in [3.05, 3.63) is 46.4 Å². The van der Waals surface area contributed by atoms with Crippen LogP contribution in [0.4, 0.5) is 0 Å². The summed E-state index contributed by atoms with van der Waals surface area (Å²) in [6, 6.07) is 5.68. The zero-order valence-electron chi connectivity index (χ0n) is 9.01. The Morgan fingerprint density at radius 3 is 2.56 bits per heavy atom. The minimum absolute atomic E-state index is 0.388. The summed E-state index contributed by atoms with van der Waals surface area (Å²) < 4.78 is 0.675. The topological polar surface area (TPSA) is 51.6 Å². The Hall–Kier alpha value is -1.59. The normalized spacial score (nSPS) is 10.8. The van der Waals surface area contributed by atoms with Gasteiger partial charge in [-0.3, -0.25) is 9.97 Å². The molecule has 2 heterocycles. The van der Waals surface area contributed by atoms with Crippen LogP contribution in [0.3, 0.4) is 0 Å². The van der Waals surface area contributed by atoms with Crippen molar-refractivity contribution < 1.29 is 0 Å². The number of halogens is 2. The van der Waals surface area contributed by atoms with Crippen molar-refractivity contribution in [3.63, 3.8) is 0 Å². The largest absolute Gasteiger partial charge is 0.253 e. The highest BCUT2D eigenvalue weighted by molar-refractivity contribution is 9.10. The molecule has 3 aromatic rings. The molecule has 0 spiro atoms. The van der Waals surface area contributed by atoms with Gasteiger partial charge in [0.2, 0.25) is 0 Å². The summed E-state index contributed by atoms with van der Waals surface area (Å²) in [6.45, 7) is 0. The summed E-state index contributed by atoms with van der Waals surface area (Å²) >= 11 is 9.22. The van der Waals surface area contributed by atoms with Gasteiger partial charge in [0.05, 0.1) is 15.5 Å². The summed E-state index contributed by atoms with van der Waals surface area (Å²) in [5, 5.41) is 0.388. The molecule has 88 valence electrons. The third-order valence-corrected chi connectivity index (χ3v) is 3.53. The smallest absolute Gasteiger partial charge is 0.160 e. The Kier molecular flexibility index (Phi) is 2.93. The van der Waals surface area contributed by atoms with Gasteiger partial charge in [-0.2, -0.15) is 0 Å². The summed E-state index contributed by atoms with van der Waals surface area (Å²) in [7, 11) is 0. The van der Waals surface area contributed by atoms with Gasteiger partial charge in [-0.15, -0.1) is 0 Å². The van der Waals surface area contributed by atoms with E-state index < -0.39 is 0 Å². The lowest BCUT2D eigenvalue weighted by Crippen LogP contribution is -1.91. The predicted molar refractivity (Wildman–Crippen MR) is 73.3 cm³/mol. The van der Waals surface area contributed by atoms with Gasteiger partial charge in [0.1, 0.15) is 5.15 Å². The molecule has 0 amide bonds. The molecule has 4 nitrogen and oxygen atoms in total. The fourth-order valence-corrected chi connectivity index (χ4v) is 1.91. The molecule has 0 radical (unpaired) electrons. The highest BCUT2D eigenvalue weighted by atomic mass is 79.9. The third kappa shape index (κ3) is 2.07. The Morgan fingerprint density at radius 1 is 1.00 bits per heavy atom. The minimum Gasteiger partial charge on any atom is -0.253 e. The molecule has 0 fully saturated rings. The first-order chi connectivity index (χ1) is 8.74. The maximum Gasteiger partial charge on any atom is 0.160 e.